The Labute approximate surface area is 245 Å². The highest BCUT2D eigenvalue weighted by molar-refractivity contribution is 8.02. The number of amides is 3. The maximum atomic E-state index is 14.7. The van der Waals surface area contributed by atoms with Crippen molar-refractivity contribution in [1.82, 2.24) is 14.7 Å². The molecule has 3 saturated heterocycles. The van der Waals surface area contributed by atoms with Gasteiger partial charge in [-0.1, -0.05) is 51.2 Å². The molecular weight excluding hydrogens is 522 g/mol. The van der Waals surface area contributed by atoms with Gasteiger partial charge in [-0.3, -0.25) is 14.4 Å². The minimum Gasteiger partial charge on any atom is -0.396 e. The van der Waals surface area contributed by atoms with E-state index in [4.69, 9.17) is 0 Å². The largest absolute Gasteiger partial charge is 0.396 e. The van der Waals surface area contributed by atoms with Crippen molar-refractivity contribution < 1.29 is 19.5 Å². The molecule has 2 unspecified atom stereocenters. The van der Waals surface area contributed by atoms with Crippen LogP contribution in [0.15, 0.2) is 25.3 Å². The number of aliphatic hydroxyl groups is 1. The predicted octanol–water partition coefficient (Wildman–Crippen LogP) is 4.79. The van der Waals surface area contributed by atoms with Gasteiger partial charge in [-0.05, 0) is 51.9 Å². The molecule has 224 valence electrons. The lowest BCUT2D eigenvalue weighted by molar-refractivity contribution is -0.146. The Hall–Kier alpha value is -1.80. The zero-order valence-corrected chi connectivity index (χ0v) is 25.6. The number of thioether (sulfide) groups is 1. The lowest BCUT2D eigenvalue weighted by atomic mass is 9.66. The molecule has 4 rings (SSSR count). The van der Waals surface area contributed by atoms with Gasteiger partial charge in [0.05, 0.1) is 16.6 Å². The molecule has 0 aromatic rings. The second-order valence-electron chi connectivity index (χ2n) is 12.5. The van der Waals surface area contributed by atoms with E-state index in [1.54, 1.807) is 17.8 Å². The van der Waals surface area contributed by atoms with Crippen LogP contribution in [-0.4, -0.2) is 91.9 Å². The van der Waals surface area contributed by atoms with E-state index in [0.717, 1.165) is 70.6 Å². The zero-order valence-electron chi connectivity index (χ0n) is 24.8. The normalized spacial score (nSPS) is 31.3. The molecule has 0 aromatic carbocycles. The summed E-state index contributed by atoms with van der Waals surface area (Å²) in [5, 5.41) is 9.21. The number of rotatable bonds is 15. The molecule has 3 heterocycles. The number of hydrogen-bond donors (Lipinski definition) is 1. The smallest absolute Gasteiger partial charge is 0.247 e. The minimum atomic E-state index is -0.575. The molecule has 1 N–H and O–H groups in total. The Morgan fingerprint density at radius 1 is 1.05 bits per heavy atom. The average molecular weight is 574 g/mol. The molecule has 4 aliphatic rings. The van der Waals surface area contributed by atoms with Crippen LogP contribution in [-0.2, 0) is 14.4 Å². The topological polar surface area (TPSA) is 81.2 Å². The van der Waals surface area contributed by atoms with Crippen LogP contribution in [0.1, 0.15) is 90.9 Å². The molecule has 40 heavy (non-hydrogen) atoms. The van der Waals surface area contributed by atoms with E-state index in [1.165, 1.54) is 6.42 Å². The maximum absolute atomic E-state index is 14.7. The van der Waals surface area contributed by atoms with E-state index < -0.39 is 22.6 Å². The Balaban J connectivity index is 1.70. The second-order valence-corrected chi connectivity index (χ2v) is 14.4. The van der Waals surface area contributed by atoms with E-state index in [1.807, 2.05) is 20.8 Å². The Morgan fingerprint density at radius 3 is 2.40 bits per heavy atom. The third-order valence-electron chi connectivity index (χ3n) is 9.86. The third kappa shape index (κ3) is 5.64. The fourth-order valence-electron chi connectivity index (χ4n) is 8.09. The van der Waals surface area contributed by atoms with Crippen LogP contribution >= 0.6 is 11.8 Å². The van der Waals surface area contributed by atoms with E-state index in [2.05, 4.69) is 27.0 Å². The van der Waals surface area contributed by atoms with Gasteiger partial charge in [-0.15, -0.1) is 24.9 Å². The van der Waals surface area contributed by atoms with Crippen LogP contribution in [0.5, 0.6) is 0 Å². The number of aliphatic hydroxyl groups excluding tert-OH is 1. The highest BCUT2D eigenvalue weighted by atomic mass is 32.2. The van der Waals surface area contributed by atoms with Crippen molar-refractivity contribution in [2.24, 2.45) is 11.8 Å². The van der Waals surface area contributed by atoms with Crippen molar-refractivity contribution in [1.29, 1.82) is 0 Å². The molecule has 4 fully saturated rings. The van der Waals surface area contributed by atoms with Crippen LogP contribution in [0.3, 0.4) is 0 Å². The lowest BCUT2D eigenvalue weighted by Gasteiger charge is -2.41. The van der Waals surface area contributed by atoms with Gasteiger partial charge in [0.2, 0.25) is 17.7 Å². The zero-order chi connectivity index (χ0) is 28.9. The minimum absolute atomic E-state index is 0.00738. The van der Waals surface area contributed by atoms with Gasteiger partial charge >= 0.3 is 0 Å². The SMILES string of the molecule is C=CCN(CCC)C(=O)[C@@H]1[C@H]2C(=O)N(CCCCCCO)C(C(=O)N(CC=C)C3CCCCC3)C23CC[C@@]1(C)S3. The molecule has 3 amide bonds. The van der Waals surface area contributed by atoms with Crippen molar-refractivity contribution in [3.05, 3.63) is 25.3 Å². The Kier molecular flexibility index (Phi) is 10.5. The van der Waals surface area contributed by atoms with Crippen LogP contribution < -0.4 is 0 Å². The average Bonchev–Trinajstić information content (AvgIpc) is 3.52. The van der Waals surface area contributed by atoms with E-state index in [-0.39, 0.29) is 35.1 Å². The van der Waals surface area contributed by atoms with Gasteiger partial charge in [0.25, 0.3) is 0 Å². The highest BCUT2D eigenvalue weighted by Gasteiger charge is 2.77. The molecule has 8 heteroatoms. The van der Waals surface area contributed by atoms with Gasteiger partial charge in [-0.25, -0.2) is 0 Å². The first-order valence-electron chi connectivity index (χ1n) is 15.7. The fourth-order valence-corrected chi connectivity index (χ4v) is 10.4. The van der Waals surface area contributed by atoms with Gasteiger partial charge < -0.3 is 19.8 Å². The van der Waals surface area contributed by atoms with Crippen molar-refractivity contribution in [3.63, 3.8) is 0 Å². The van der Waals surface area contributed by atoms with E-state index in [0.29, 0.717) is 26.2 Å². The number of carbonyl (C=O) groups excluding carboxylic acids is 3. The molecule has 5 atom stereocenters. The standard InChI is InChI=1S/C32H51N3O4S/c1-5-19-33(20-6-2)28(37)25-26-29(38)35(22-13-8-9-14-23-36)27(32(26)18-17-31(25,4)40-32)30(39)34(21-7-3)24-15-11-10-12-16-24/h5,7,24-27,36H,1,3,6,8-23H2,2,4H3/t25-,26-,27?,31+,32?/m0/s1. The molecule has 3 aliphatic heterocycles. The molecule has 2 bridgehead atoms. The summed E-state index contributed by atoms with van der Waals surface area (Å²) in [5.41, 5.74) is 0. The summed E-state index contributed by atoms with van der Waals surface area (Å²) in [6.45, 7) is 14.4. The number of hydrogen-bond acceptors (Lipinski definition) is 5. The quantitative estimate of drug-likeness (QED) is 0.225. The molecule has 1 spiro atoms. The number of nitrogens with zero attached hydrogens (tertiary/aromatic N) is 3. The number of unbranched alkanes of at least 4 members (excludes halogenated alkanes) is 3. The van der Waals surface area contributed by atoms with Crippen LogP contribution in [0.25, 0.3) is 0 Å². The number of carbonyl (C=O) groups is 3. The van der Waals surface area contributed by atoms with Crippen molar-refractivity contribution in [2.45, 2.75) is 112 Å². The van der Waals surface area contributed by atoms with Crippen molar-refractivity contribution >= 4 is 29.5 Å². The summed E-state index contributed by atoms with van der Waals surface area (Å²) in [7, 11) is 0. The van der Waals surface area contributed by atoms with E-state index in [9.17, 15) is 19.5 Å². The highest BCUT2D eigenvalue weighted by Crippen LogP contribution is 2.71. The van der Waals surface area contributed by atoms with Gasteiger partial charge in [0.15, 0.2) is 0 Å². The van der Waals surface area contributed by atoms with Crippen LogP contribution in [0.4, 0.5) is 0 Å². The second kappa shape index (κ2) is 13.5. The molecule has 1 aliphatic carbocycles. The fraction of sp³-hybridized carbons (Fsp3) is 0.781. The summed E-state index contributed by atoms with van der Waals surface area (Å²) in [4.78, 5) is 49.1. The maximum Gasteiger partial charge on any atom is 0.247 e. The summed E-state index contributed by atoms with van der Waals surface area (Å²) < 4.78 is -0.932. The van der Waals surface area contributed by atoms with Crippen LogP contribution in [0, 0.1) is 11.8 Å². The molecule has 0 aromatic heterocycles. The number of fused-ring (bicyclic) bond motifs is 1. The molecule has 1 saturated carbocycles. The molecule has 7 nitrogen and oxygen atoms in total. The lowest BCUT2D eigenvalue weighted by Crippen LogP contribution is -2.57. The first-order valence-corrected chi connectivity index (χ1v) is 16.5. The summed E-state index contributed by atoms with van der Waals surface area (Å²) in [6.07, 6.45) is 14.9. The van der Waals surface area contributed by atoms with Crippen molar-refractivity contribution in [3.8, 4) is 0 Å². The third-order valence-corrected chi connectivity index (χ3v) is 11.8. The number of likely N-dealkylation sites (tertiary alicyclic amines) is 1. The van der Waals surface area contributed by atoms with Crippen LogP contribution in [0.2, 0.25) is 0 Å². The Morgan fingerprint density at radius 2 is 1.75 bits per heavy atom. The summed E-state index contributed by atoms with van der Waals surface area (Å²) in [6, 6.07) is -0.367. The first-order chi connectivity index (χ1) is 19.3. The predicted molar refractivity (Wildman–Crippen MR) is 162 cm³/mol. The monoisotopic (exact) mass is 573 g/mol. The first kappa shape index (κ1) is 31.1. The Bertz CT molecular complexity index is 952. The van der Waals surface area contributed by atoms with Gasteiger partial charge in [-0.2, -0.15) is 0 Å². The van der Waals surface area contributed by atoms with Gasteiger partial charge in [0, 0.05) is 43.6 Å². The summed E-state index contributed by atoms with van der Waals surface area (Å²) in [5.74, 6) is -0.812. The van der Waals surface area contributed by atoms with E-state index >= 15 is 0 Å². The summed E-state index contributed by atoms with van der Waals surface area (Å²) >= 11 is 1.77. The van der Waals surface area contributed by atoms with Crippen molar-refractivity contribution in [2.75, 3.05) is 32.8 Å². The molecular formula is C32H51N3O4S. The molecule has 0 radical (unpaired) electrons. The van der Waals surface area contributed by atoms with Gasteiger partial charge in [0.1, 0.15) is 6.04 Å².